The number of rotatable bonds is 7. The molecule has 18 heavy (non-hydrogen) atoms. The molecule has 0 saturated carbocycles. The second kappa shape index (κ2) is 7.91. The first-order valence-electron chi connectivity index (χ1n) is 5.47. The first kappa shape index (κ1) is 13.8. The van der Waals surface area contributed by atoms with Gasteiger partial charge < -0.3 is 15.7 Å². The molecule has 0 aromatic heterocycles. The van der Waals surface area contributed by atoms with Crippen LogP contribution in [0.25, 0.3) is 0 Å². The monoisotopic (exact) mass is 245 g/mol. The Morgan fingerprint density at radius 3 is 2.17 bits per heavy atom. The van der Waals surface area contributed by atoms with Crippen molar-refractivity contribution in [3.63, 3.8) is 0 Å². The molecule has 3 N–H and O–H groups in total. The van der Waals surface area contributed by atoms with Crippen molar-refractivity contribution in [3.05, 3.63) is 35.9 Å². The number of nitriles is 2. The maximum absolute atomic E-state index is 10.0. The highest BCUT2D eigenvalue weighted by molar-refractivity contribution is 5.17. The number of hydrogen-bond donors (Lipinski definition) is 3. The average Bonchev–Trinajstić information content (AvgIpc) is 2.42. The zero-order valence-corrected chi connectivity index (χ0v) is 9.87. The molecule has 6 heteroatoms. The van der Waals surface area contributed by atoms with Crippen LogP contribution < -0.4 is 10.6 Å². The van der Waals surface area contributed by atoms with Crippen LogP contribution in [0.15, 0.2) is 30.3 Å². The molecule has 0 spiro atoms. The summed E-state index contributed by atoms with van der Waals surface area (Å²) < 4.78 is 0. The second-order valence-corrected chi connectivity index (χ2v) is 3.67. The van der Waals surface area contributed by atoms with Crippen molar-refractivity contribution >= 4 is 0 Å². The van der Waals surface area contributed by atoms with Crippen molar-refractivity contribution in [1.82, 2.24) is 15.5 Å². The summed E-state index contributed by atoms with van der Waals surface area (Å²) >= 11 is 0. The topological polar surface area (TPSA) is 95.1 Å². The van der Waals surface area contributed by atoms with E-state index < -0.39 is 6.10 Å². The van der Waals surface area contributed by atoms with E-state index in [4.69, 9.17) is 10.5 Å². The lowest BCUT2D eigenvalue weighted by atomic mass is 10.1. The highest BCUT2D eigenvalue weighted by Gasteiger charge is 2.12. The Morgan fingerprint density at radius 1 is 1.11 bits per heavy atom. The minimum atomic E-state index is -0.660. The van der Waals surface area contributed by atoms with Crippen LogP contribution in [0.3, 0.4) is 0 Å². The Morgan fingerprint density at radius 2 is 1.67 bits per heavy atom. The van der Waals surface area contributed by atoms with Gasteiger partial charge in [-0.2, -0.15) is 10.5 Å². The molecule has 0 saturated heterocycles. The van der Waals surface area contributed by atoms with Gasteiger partial charge in [0.25, 0.3) is 0 Å². The molecule has 6 nitrogen and oxygen atoms in total. The van der Waals surface area contributed by atoms with E-state index >= 15 is 0 Å². The van der Waals surface area contributed by atoms with E-state index in [0.717, 1.165) is 5.56 Å². The van der Waals surface area contributed by atoms with Gasteiger partial charge in [0.2, 0.25) is 0 Å². The number of aliphatic hydroxyl groups is 1. The van der Waals surface area contributed by atoms with E-state index in [2.05, 4.69) is 10.6 Å². The standard InChI is InChI=1S/C12H15N5O/c13-7-15-9-17(10-16-8-14)6-12(18)11-4-2-1-3-5-11/h1-5,12,15-16,18H,6,9-10H2. The molecule has 1 atom stereocenters. The van der Waals surface area contributed by atoms with Gasteiger partial charge in [-0.15, -0.1) is 0 Å². The van der Waals surface area contributed by atoms with E-state index in [1.807, 2.05) is 30.3 Å². The number of benzene rings is 1. The Hall–Kier alpha value is -2.28. The van der Waals surface area contributed by atoms with E-state index in [-0.39, 0.29) is 13.3 Å². The molecular formula is C12H15N5O. The maximum Gasteiger partial charge on any atom is 0.177 e. The highest BCUT2D eigenvalue weighted by Crippen LogP contribution is 2.12. The highest BCUT2D eigenvalue weighted by atomic mass is 16.3. The number of nitrogens with one attached hydrogen (secondary N) is 2. The van der Waals surface area contributed by atoms with Crippen LogP contribution in [0.1, 0.15) is 11.7 Å². The third-order valence-electron chi connectivity index (χ3n) is 2.38. The van der Waals surface area contributed by atoms with Crippen LogP contribution in [0.4, 0.5) is 0 Å². The van der Waals surface area contributed by atoms with Crippen molar-refractivity contribution in [1.29, 1.82) is 10.5 Å². The molecule has 0 fully saturated rings. The van der Waals surface area contributed by atoms with Crippen molar-refractivity contribution in [2.45, 2.75) is 6.10 Å². The molecule has 1 aromatic rings. The summed E-state index contributed by atoms with van der Waals surface area (Å²) in [6.45, 7) is 0.873. The van der Waals surface area contributed by atoms with Crippen LogP contribution >= 0.6 is 0 Å². The molecular weight excluding hydrogens is 230 g/mol. The van der Waals surface area contributed by atoms with Gasteiger partial charge in [0.05, 0.1) is 19.4 Å². The van der Waals surface area contributed by atoms with Crippen LogP contribution in [0, 0.1) is 22.9 Å². The van der Waals surface area contributed by atoms with Gasteiger partial charge in [0.1, 0.15) is 0 Å². The van der Waals surface area contributed by atoms with Gasteiger partial charge in [0.15, 0.2) is 12.4 Å². The minimum Gasteiger partial charge on any atom is -0.387 e. The molecule has 0 radical (unpaired) electrons. The Labute approximate surface area is 106 Å². The Balaban J connectivity index is 2.54. The predicted molar refractivity (Wildman–Crippen MR) is 65.3 cm³/mol. The summed E-state index contributed by atoms with van der Waals surface area (Å²) in [5.74, 6) is 0. The minimum absolute atomic E-state index is 0.273. The number of hydrogen-bond acceptors (Lipinski definition) is 6. The van der Waals surface area contributed by atoms with E-state index in [9.17, 15) is 5.11 Å². The summed E-state index contributed by atoms with van der Waals surface area (Å²) in [5, 5.41) is 31.9. The van der Waals surface area contributed by atoms with Gasteiger partial charge in [-0.05, 0) is 5.56 Å². The molecule has 0 amide bonds. The van der Waals surface area contributed by atoms with Gasteiger partial charge in [-0.25, -0.2) is 0 Å². The molecule has 1 aromatic carbocycles. The Bertz CT molecular complexity index is 404. The van der Waals surface area contributed by atoms with Gasteiger partial charge in [0, 0.05) is 6.54 Å². The molecule has 0 aliphatic rings. The van der Waals surface area contributed by atoms with Crippen LogP contribution in [0.2, 0.25) is 0 Å². The lowest BCUT2D eigenvalue weighted by molar-refractivity contribution is 0.108. The summed E-state index contributed by atoms with van der Waals surface area (Å²) in [6, 6.07) is 9.24. The number of aliphatic hydroxyl groups excluding tert-OH is 1. The molecule has 0 aliphatic carbocycles. The quantitative estimate of drug-likeness (QED) is 0.358. The molecule has 0 aliphatic heterocycles. The third kappa shape index (κ3) is 4.71. The van der Waals surface area contributed by atoms with Crippen molar-refractivity contribution in [2.75, 3.05) is 19.9 Å². The first-order chi connectivity index (χ1) is 8.77. The van der Waals surface area contributed by atoms with Gasteiger partial charge in [-0.3, -0.25) is 4.90 Å². The fraction of sp³-hybridized carbons (Fsp3) is 0.333. The van der Waals surface area contributed by atoms with Gasteiger partial charge in [-0.1, -0.05) is 30.3 Å². The van der Waals surface area contributed by atoms with Gasteiger partial charge >= 0.3 is 0 Å². The fourth-order valence-electron chi connectivity index (χ4n) is 1.50. The largest absolute Gasteiger partial charge is 0.387 e. The lowest BCUT2D eigenvalue weighted by Crippen LogP contribution is -2.40. The second-order valence-electron chi connectivity index (χ2n) is 3.67. The maximum atomic E-state index is 10.0. The van der Waals surface area contributed by atoms with Crippen molar-refractivity contribution < 1.29 is 5.11 Å². The Kier molecular flexibility index (Phi) is 6.05. The zero-order valence-electron chi connectivity index (χ0n) is 9.87. The SMILES string of the molecule is N#CNCN(CNC#N)CC(O)c1ccccc1. The van der Waals surface area contributed by atoms with Crippen molar-refractivity contribution in [3.8, 4) is 12.4 Å². The molecule has 0 heterocycles. The summed E-state index contributed by atoms with van der Waals surface area (Å²) in [4.78, 5) is 1.73. The summed E-state index contributed by atoms with van der Waals surface area (Å²) in [6.07, 6.45) is 2.95. The number of nitrogens with zero attached hydrogens (tertiary/aromatic N) is 3. The molecule has 1 unspecified atom stereocenters. The van der Waals surface area contributed by atoms with E-state index in [0.29, 0.717) is 6.54 Å². The van der Waals surface area contributed by atoms with Crippen molar-refractivity contribution in [2.24, 2.45) is 0 Å². The summed E-state index contributed by atoms with van der Waals surface area (Å²) in [5.41, 5.74) is 0.802. The van der Waals surface area contributed by atoms with E-state index in [1.165, 1.54) is 0 Å². The predicted octanol–water partition coefficient (Wildman–Crippen LogP) is 0.0784. The zero-order chi connectivity index (χ0) is 13.2. The molecule has 94 valence electrons. The van der Waals surface area contributed by atoms with Crippen LogP contribution in [0.5, 0.6) is 0 Å². The van der Waals surface area contributed by atoms with Crippen LogP contribution in [-0.2, 0) is 0 Å². The third-order valence-corrected chi connectivity index (χ3v) is 2.38. The first-order valence-corrected chi connectivity index (χ1v) is 5.47. The average molecular weight is 245 g/mol. The van der Waals surface area contributed by atoms with E-state index in [1.54, 1.807) is 17.3 Å². The molecule has 0 bridgehead atoms. The normalized spacial score (nSPS) is 11.3. The summed E-state index contributed by atoms with van der Waals surface area (Å²) in [7, 11) is 0. The smallest absolute Gasteiger partial charge is 0.177 e. The van der Waals surface area contributed by atoms with Crippen LogP contribution in [-0.4, -0.2) is 29.9 Å². The lowest BCUT2D eigenvalue weighted by Gasteiger charge is -2.23. The molecule has 1 rings (SSSR count). The fourth-order valence-corrected chi connectivity index (χ4v) is 1.50.